The molecule has 1 atom stereocenters. The largest absolute Gasteiger partial charge is 0.300 e. The van der Waals surface area contributed by atoms with Crippen LogP contribution in [0.1, 0.15) is 24.4 Å². The van der Waals surface area contributed by atoms with Crippen molar-refractivity contribution in [2.75, 3.05) is 13.6 Å². The van der Waals surface area contributed by atoms with Gasteiger partial charge in [-0.2, -0.15) is 0 Å². The summed E-state index contributed by atoms with van der Waals surface area (Å²) in [5.41, 5.74) is 1.25. The summed E-state index contributed by atoms with van der Waals surface area (Å²) in [5, 5.41) is 0. The molecule has 1 heterocycles. The van der Waals surface area contributed by atoms with Crippen molar-refractivity contribution in [2.24, 2.45) is 0 Å². The molecule has 2 heteroatoms. The van der Waals surface area contributed by atoms with Crippen LogP contribution in [0.5, 0.6) is 0 Å². The average Bonchev–Trinajstić information content (AvgIpc) is 2.23. The number of nitrogens with zero attached hydrogens (tertiary/aromatic N) is 1. The van der Waals surface area contributed by atoms with Crippen LogP contribution in [0.15, 0.2) is 30.3 Å². The summed E-state index contributed by atoms with van der Waals surface area (Å²) in [5.74, 6) is 0.386. The topological polar surface area (TPSA) is 20.3 Å². The van der Waals surface area contributed by atoms with Crippen molar-refractivity contribution in [1.82, 2.24) is 4.90 Å². The molecule has 1 saturated heterocycles. The van der Waals surface area contributed by atoms with Crippen LogP contribution in [0.4, 0.5) is 0 Å². The van der Waals surface area contributed by atoms with Gasteiger partial charge in [0.15, 0.2) is 0 Å². The lowest BCUT2D eigenvalue weighted by molar-refractivity contribution is -0.122. The molecule has 2 nitrogen and oxygen atoms in total. The molecule has 0 aliphatic carbocycles. The summed E-state index contributed by atoms with van der Waals surface area (Å²) in [4.78, 5) is 13.6. The maximum atomic E-state index is 11.4. The van der Waals surface area contributed by atoms with E-state index in [9.17, 15) is 4.79 Å². The van der Waals surface area contributed by atoms with Crippen molar-refractivity contribution in [3.63, 3.8) is 0 Å². The van der Waals surface area contributed by atoms with E-state index in [1.165, 1.54) is 5.56 Å². The van der Waals surface area contributed by atoms with Crippen LogP contribution in [0, 0.1) is 0 Å². The van der Waals surface area contributed by atoms with Crippen molar-refractivity contribution < 1.29 is 4.79 Å². The molecular formula is C12H15NO. The molecule has 1 aliphatic rings. The summed E-state index contributed by atoms with van der Waals surface area (Å²) in [6.45, 7) is 0.887. The zero-order valence-electron chi connectivity index (χ0n) is 8.44. The number of benzene rings is 1. The summed E-state index contributed by atoms with van der Waals surface area (Å²) in [6.07, 6.45) is 1.38. The van der Waals surface area contributed by atoms with E-state index in [2.05, 4.69) is 24.1 Å². The normalized spacial score (nSPS) is 23.8. The lowest BCUT2D eigenvalue weighted by Crippen LogP contribution is -2.33. The fraction of sp³-hybridized carbons (Fsp3) is 0.417. The Hall–Kier alpha value is -1.15. The lowest BCUT2D eigenvalue weighted by atomic mass is 9.95. The first-order chi connectivity index (χ1) is 6.77. The molecule has 1 aliphatic heterocycles. The van der Waals surface area contributed by atoms with Gasteiger partial charge in [-0.25, -0.2) is 0 Å². The van der Waals surface area contributed by atoms with E-state index in [0.29, 0.717) is 18.6 Å². The van der Waals surface area contributed by atoms with Gasteiger partial charge in [0.05, 0.1) is 0 Å². The maximum absolute atomic E-state index is 11.4. The molecule has 0 radical (unpaired) electrons. The number of hydrogen-bond donors (Lipinski definition) is 0. The third-order valence-corrected chi connectivity index (χ3v) is 2.88. The molecule has 2 rings (SSSR count). The van der Waals surface area contributed by atoms with E-state index in [0.717, 1.165) is 6.54 Å². The first-order valence-corrected chi connectivity index (χ1v) is 5.04. The Morgan fingerprint density at radius 3 is 2.71 bits per heavy atom. The van der Waals surface area contributed by atoms with Gasteiger partial charge in [0.25, 0.3) is 0 Å². The number of likely N-dealkylation sites (tertiary alicyclic amines) is 1. The van der Waals surface area contributed by atoms with Gasteiger partial charge in [0.2, 0.25) is 0 Å². The second-order valence-electron chi connectivity index (χ2n) is 3.90. The molecule has 1 aromatic carbocycles. The molecule has 0 spiro atoms. The van der Waals surface area contributed by atoms with Crippen molar-refractivity contribution in [1.29, 1.82) is 0 Å². The van der Waals surface area contributed by atoms with Crippen LogP contribution in [0.3, 0.4) is 0 Å². The Morgan fingerprint density at radius 2 is 2.00 bits per heavy atom. The molecular weight excluding hydrogens is 174 g/mol. The molecule has 0 amide bonds. The smallest absolute Gasteiger partial charge is 0.136 e. The van der Waals surface area contributed by atoms with Gasteiger partial charge in [-0.3, -0.25) is 9.69 Å². The number of carbonyl (C=O) groups is 1. The second-order valence-corrected chi connectivity index (χ2v) is 3.90. The highest BCUT2D eigenvalue weighted by Gasteiger charge is 2.24. The quantitative estimate of drug-likeness (QED) is 0.673. The number of carbonyl (C=O) groups excluding carboxylic acids is 1. The molecule has 1 fully saturated rings. The lowest BCUT2D eigenvalue weighted by Gasteiger charge is -2.31. The van der Waals surface area contributed by atoms with E-state index in [-0.39, 0.29) is 6.04 Å². The zero-order valence-corrected chi connectivity index (χ0v) is 8.44. The molecule has 1 unspecified atom stereocenters. The minimum atomic E-state index is 0.289. The summed E-state index contributed by atoms with van der Waals surface area (Å²) < 4.78 is 0. The van der Waals surface area contributed by atoms with E-state index < -0.39 is 0 Å². The van der Waals surface area contributed by atoms with Gasteiger partial charge in [0.1, 0.15) is 5.78 Å². The first-order valence-electron chi connectivity index (χ1n) is 5.04. The van der Waals surface area contributed by atoms with Gasteiger partial charge in [-0.1, -0.05) is 30.3 Å². The standard InChI is InChI=1S/C12H15NO/c1-13-8-7-11(14)9-12(13)10-5-3-2-4-6-10/h2-6,12H,7-9H2,1H3. The molecule has 0 aromatic heterocycles. The number of rotatable bonds is 1. The van der Waals surface area contributed by atoms with Crippen molar-refractivity contribution >= 4 is 5.78 Å². The van der Waals surface area contributed by atoms with E-state index in [1.54, 1.807) is 0 Å². The van der Waals surface area contributed by atoms with Crippen molar-refractivity contribution in [3.05, 3.63) is 35.9 Å². The van der Waals surface area contributed by atoms with Gasteiger partial charge in [-0.05, 0) is 12.6 Å². The predicted molar refractivity (Wildman–Crippen MR) is 56.1 cm³/mol. The number of ketones is 1. The second kappa shape index (κ2) is 3.93. The van der Waals surface area contributed by atoms with E-state index in [4.69, 9.17) is 0 Å². The number of hydrogen-bond acceptors (Lipinski definition) is 2. The van der Waals surface area contributed by atoms with Crippen LogP contribution in [-0.4, -0.2) is 24.3 Å². The van der Waals surface area contributed by atoms with Crippen molar-refractivity contribution in [3.8, 4) is 0 Å². The molecule has 1 aromatic rings. The SMILES string of the molecule is CN1CCC(=O)CC1c1ccccc1. The first kappa shape index (κ1) is 9.41. The van der Waals surface area contributed by atoms with Crippen molar-refractivity contribution in [2.45, 2.75) is 18.9 Å². The zero-order chi connectivity index (χ0) is 9.97. The van der Waals surface area contributed by atoms with E-state index >= 15 is 0 Å². The third-order valence-electron chi connectivity index (χ3n) is 2.88. The monoisotopic (exact) mass is 189 g/mol. The van der Waals surface area contributed by atoms with Gasteiger partial charge < -0.3 is 0 Å². The Balaban J connectivity index is 2.20. The van der Waals surface area contributed by atoms with Gasteiger partial charge in [-0.15, -0.1) is 0 Å². The molecule has 0 bridgehead atoms. The minimum Gasteiger partial charge on any atom is -0.300 e. The Kier molecular flexibility index (Phi) is 2.64. The summed E-state index contributed by atoms with van der Waals surface area (Å²) in [6, 6.07) is 10.6. The van der Waals surface area contributed by atoms with Gasteiger partial charge in [0, 0.05) is 25.4 Å². The van der Waals surface area contributed by atoms with Gasteiger partial charge >= 0.3 is 0 Å². The Bertz CT molecular complexity index is 320. The maximum Gasteiger partial charge on any atom is 0.136 e. The number of piperidine rings is 1. The fourth-order valence-corrected chi connectivity index (χ4v) is 1.98. The highest BCUT2D eigenvalue weighted by atomic mass is 16.1. The van der Waals surface area contributed by atoms with Crippen LogP contribution in [0.25, 0.3) is 0 Å². The highest BCUT2D eigenvalue weighted by molar-refractivity contribution is 5.80. The predicted octanol–water partition coefficient (Wildman–Crippen LogP) is 2.02. The average molecular weight is 189 g/mol. The summed E-state index contributed by atoms with van der Waals surface area (Å²) >= 11 is 0. The molecule has 74 valence electrons. The van der Waals surface area contributed by atoms with Crippen LogP contribution >= 0.6 is 0 Å². The van der Waals surface area contributed by atoms with E-state index in [1.807, 2.05) is 18.2 Å². The Morgan fingerprint density at radius 1 is 1.29 bits per heavy atom. The Labute approximate surface area is 84.5 Å². The molecule has 14 heavy (non-hydrogen) atoms. The third kappa shape index (κ3) is 1.85. The van der Waals surface area contributed by atoms with Crippen LogP contribution in [-0.2, 0) is 4.79 Å². The molecule has 0 saturated carbocycles. The minimum absolute atomic E-state index is 0.289. The van der Waals surface area contributed by atoms with Crippen LogP contribution < -0.4 is 0 Å². The van der Waals surface area contributed by atoms with Crippen LogP contribution in [0.2, 0.25) is 0 Å². The molecule has 0 N–H and O–H groups in total. The summed E-state index contributed by atoms with van der Waals surface area (Å²) in [7, 11) is 2.09. The fourth-order valence-electron chi connectivity index (χ4n) is 1.98. The number of Topliss-reactive ketones (excluding diaryl/α,β-unsaturated/α-hetero) is 1. The highest BCUT2D eigenvalue weighted by Crippen LogP contribution is 2.27.